The van der Waals surface area contributed by atoms with Crippen molar-refractivity contribution in [3.8, 4) is 5.75 Å². The predicted molar refractivity (Wildman–Crippen MR) is 78.6 cm³/mol. The SMILES string of the molecule is CCCc1nc(C)c(COc2ccc(C(=O)O)cc2)s1. The molecule has 1 heterocycles. The molecule has 0 unspecified atom stereocenters. The maximum absolute atomic E-state index is 10.8. The number of aromatic carboxylic acids is 1. The number of ether oxygens (including phenoxy) is 1. The molecule has 2 aromatic rings. The largest absolute Gasteiger partial charge is 0.488 e. The first-order valence-corrected chi connectivity index (χ1v) is 7.33. The number of carboxylic acid groups (broad SMARTS) is 1. The number of aromatic nitrogens is 1. The van der Waals surface area contributed by atoms with Crippen LogP contribution in [0.15, 0.2) is 24.3 Å². The molecule has 0 spiro atoms. The third-order valence-electron chi connectivity index (χ3n) is 2.87. The van der Waals surface area contributed by atoms with Crippen molar-refractivity contribution in [1.82, 2.24) is 4.98 Å². The van der Waals surface area contributed by atoms with E-state index in [0.717, 1.165) is 28.4 Å². The fourth-order valence-corrected chi connectivity index (χ4v) is 2.87. The molecule has 5 heteroatoms. The maximum atomic E-state index is 10.8. The minimum atomic E-state index is -0.931. The van der Waals surface area contributed by atoms with Crippen molar-refractivity contribution in [2.24, 2.45) is 0 Å². The van der Waals surface area contributed by atoms with Gasteiger partial charge in [-0.05, 0) is 44.0 Å². The highest BCUT2D eigenvalue weighted by Gasteiger charge is 2.08. The maximum Gasteiger partial charge on any atom is 0.335 e. The quantitative estimate of drug-likeness (QED) is 0.882. The van der Waals surface area contributed by atoms with E-state index in [2.05, 4.69) is 11.9 Å². The molecule has 0 amide bonds. The first-order valence-electron chi connectivity index (χ1n) is 6.51. The van der Waals surface area contributed by atoms with Gasteiger partial charge in [0.15, 0.2) is 0 Å². The third-order valence-corrected chi connectivity index (χ3v) is 4.06. The molecular weight excluding hydrogens is 274 g/mol. The monoisotopic (exact) mass is 291 g/mol. The van der Waals surface area contributed by atoms with Gasteiger partial charge in [-0.1, -0.05) is 6.92 Å². The van der Waals surface area contributed by atoms with Gasteiger partial charge in [0.25, 0.3) is 0 Å². The van der Waals surface area contributed by atoms with E-state index >= 15 is 0 Å². The van der Waals surface area contributed by atoms with Crippen LogP contribution in [-0.4, -0.2) is 16.1 Å². The summed E-state index contributed by atoms with van der Waals surface area (Å²) in [5.74, 6) is -0.265. The van der Waals surface area contributed by atoms with Gasteiger partial charge in [-0.3, -0.25) is 0 Å². The Hall–Kier alpha value is -1.88. The van der Waals surface area contributed by atoms with E-state index in [-0.39, 0.29) is 5.56 Å². The van der Waals surface area contributed by atoms with Crippen molar-refractivity contribution >= 4 is 17.3 Å². The van der Waals surface area contributed by atoms with Crippen molar-refractivity contribution in [3.63, 3.8) is 0 Å². The molecular formula is C15H17NO3S. The number of nitrogens with zero attached hydrogens (tertiary/aromatic N) is 1. The lowest BCUT2D eigenvalue weighted by molar-refractivity contribution is 0.0697. The van der Waals surface area contributed by atoms with Crippen molar-refractivity contribution in [1.29, 1.82) is 0 Å². The minimum absolute atomic E-state index is 0.261. The van der Waals surface area contributed by atoms with Gasteiger partial charge < -0.3 is 9.84 Å². The number of hydrogen-bond acceptors (Lipinski definition) is 4. The van der Waals surface area contributed by atoms with Crippen LogP contribution in [0.4, 0.5) is 0 Å². The summed E-state index contributed by atoms with van der Waals surface area (Å²) in [5, 5.41) is 9.97. The molecule has 0 radical (unpaired) electrons. The van der Waals surface area contributed by atoms with Gasteiger partial charge in [-0.25, -0.2) is 9.78 Å². The Morgan fingerprint density at radius 2 is 2.05 bits per heavy atom. The number of carbonyl (C=O) groups is 1. The van der Waals surface area contributed by atoms with Crippen LogP contribution in [0.3, 0.4) is 0 Å². The van der Waals surface area contributed by atoms with Crippen molar-refractivity contribution < 1.29 is 14.6 Å². The van der Waals surface area contributed by atoms with Crippen LogP contribution >= 0.6 is 11.3 Å². The van der Waals surface area contributed by atoms with Crippen LogP contribution in [0.5, 0.6) is 5.75 Å². The molecule has 0 bridgehead atoms. The highest BCUT2D eigenvalue weighted by atomic mass is 32.1. The van der Waals surface area contributed by atoms with E-state index in [4.69, 9.17) is 9.84 Å². The number of rotatable bonds is 6. The fraction of sp³-hybridized carbons (Fsp3) is 0.333. The lowest BCUT2D eigenvalue weighted by Crippen LogP contribution is -1.97. The zero-order chi connectivity index (χ0) is 14.5. The van der Waals surface area contributed by atoms with E-state index in [1.165, 1.54) is 0 Å². The molecule has 20 heavy (non-hydrogen) atoms. The molecule has 0 saturated carbocycles. The predicted octanol–water partition coefficient (Wildman–Crippen LogP) is 3.68. The Balaban J connectivity index is 1.99. The topological polar surface area (TPSA) is 59.4 Å². The Morgan fingerprint density at radius 1 is 1.35 bits per heavy atom. The number of thiazole rings is 1. The highest BCUT2D eigenvalue weighted by molar-refractivity contribution is 7.11. The number of benzene rings is 1. The Morgan fingerprint density at radius 3 is 2.65 bits per heavy atom. The van der Waals surface area contributed by atoms with Crippen LogP contribution in [0.1, 0.15) is 39.3 Å². The summed E-state index contributed by atoms with van der Waals surface area (Å²) < 4.78 is 5.68. The van der Waals surface area contributed by atoms with Gasteiger partial charge in [-0.15, -0.1) is 11.3 Å². The summed E-state index contributed by atoms with van der Waals surface area (Å²) in [4.78, 5) is 16.4. The van der Waals surface area contributed by atoms with E-state index in [0.29, 0.717) is 12.4 Å². The molecule has 0 saturated heterocycles. The summed E-state index contributed by atoms with van der Waals surface area (Å²) in [5.41, 5.74) is 1.28. The van der Waals surface area contributed by atoms with Gasteiger partial charge in [0.05, 0.1) is 21.1 Å². The molecule has 1 aromatic carbocycles. The normalized spacial score (nSPS) is 10.5. The van der Waals surface area contributed by atoms with Crippen molar-refractivity contribution in [3.05, 3.63) is 45.4 Å². The third kappa shape index (κ3) is 3.57. The fourth-order valence-electron chi connectivity index (χ4n) is 1.79. The Labute approximate surface area is 122 Å². The standard InChI is InChI=1S/C15H17NO3S/c1-3-4-14-16-10(2)13(20-14)9-19-12-7-5-11(6-8-12)15(17)18/h5-8H,3-4,9H2,1-2H3,(H,17,18). The van der Waals surface area contributed by atoms with Gasteiger partial charge in [0.1, 0.15) is 12.4 Å². The van der Waals surface area contributed by atoms with Gasteiger partial charge in [0.2, 0.25) is 0 Å². The van der Waals surface area contributed by atoms with Gasteiger partial charge in [0, 0.05) is 0 Å². The summed E-state index contributed by atoms with van der Waals surface area (Å²) in [7, 11) is 0. The summed E-state index contributed by atoms with van der Waals surface area (Å²) in [6.45, 7) is 4.60. The Bertz CT molecular complexity index is 590. The molecule has 4 nitrogen and oxygen atoms in total. The van der Waals surface area contributed by atoms with E-state index in [1.807, 2.05) is 6.92 Å². The lowest BCUT2D eigenvalue weighted by Gasteiger charge is -2.05. The average molecular weight is 291 g/mol. The first kappa shape index (κ1) is 14.5. The average Bonchev–Trinajstić information content (AvgIpc) is 2.77. The second-order valence-corrected chi connectivity index (χ2v) is 5.65. The minimum Gasteiger partial charge on any atom is -0.488 e. The van der Waals surface area contributed by atoms with E-state index in [1.54, 1.807) is 35.6 Å². The number of aryl methyl sites for hydroxylation is 2. The van der Waals surface area contributed by atoms with Crippen LogP contribution < -0.4 is 4.74 Å². The van der Waals surface area contributed by atoms with Gasteiger partial charge in [-0.2, -0.15) is 0 Å². The van der Waals surface area contributed by atoms with Crippen molar-refractivity contribution in [2.75, 3.05) is 0 Å². The molecule has 1 N–H and O–H groups in total. The van der Waals surface area contributed by atoms with E-state index in [9.17, 15) is 4.79 Å². The number of hydrogen-bond donors (Lipinski definition) is 1. The van der Waals surface area contributed by atoms with E-state index < -0.39 is 5.97 Å². The van der Waals surface area contributed by atoms with Crippen LogP contribution in [0.2, 0.25) is 0 Å². The summed E-state index contributed by atoms with van der Waals surface area (Å²) >= 11 is 1.68. The lowest BCUT2D eigenvalue weighted by atomic mass is 10.2. The van der Waals surface area contributed by atoms with Crippen LogP contribution in [0, 0.1) is 6.92 Å². The summed E-state index contributed by atoms with van der Waals surface area (Å²) in [6.07, 6.45) is 2.09. The molecule has 0 aliphatic heterocycles. The molecule has 1 aromatic heterocycles. The molecule has 0 fully saturated rings. The highest BCUT2D eigenvalue weighted by Crippen LogP contribution is 2.22. The molecule has 106 valence electrons. The van der Waals surface area contributed by atoms with Crippen LogP contribution in [-0.2, 0) is 13.0 Å². The first-order chi connectivity index (χ1) is 9.60. The van der Waals surface area contributed by atoms with Crippen LogP contribution in [0.25, 0.3) is 0 Å². The molecule has 0 aliphatic rings. The Kier molecular flexibility index (Phi) is 4.74. The second-order valence-electron chi connectivity index (χ2n) is 4.48. The second kappa shape index (κ2) is 6.52. The smallest absolute Gasteiger partial charge is 0.335 e. The number of carboxylic acids is 1. The van der Waals surface area contributed by atoms with Crippen molar-refractivity contribution in [2.45, 2.75) is 33.3 Å². The molecule has 2 rings (SSSR count). The molecule has 0 atom stereocenters. The van der Waals surface area contributed by atoms with Gasteiger partial charge >= 0.3 is 5.97 Å². The summed E-state index contributed by atoms with van der Waals surface area (Å²) in [6, 6.07) is 6.43. The zero-order valence-corrected chi connectivity index (χ0v) is 12.4. The zero-order valence-electron chi connectivity index (χ0n) is 11.5. The molecule has 0 aliphatic carbocycles.